The molecule has 0 bridgehead atoms. The topological polar surface area (TPSA) is 26.3 Å². The summed E-state index contributed by atoms with van der Waals surface area (Å²) in [7, 11) is 0. The average molecular weight is 376 g/mol. The zero-order chi connectivity index (χ0) is 14.2. The van der Waals surface area contributed by atoms with E-state index in [4.69, 9.17) is 3.07 Å². The second kappa shape index (κ2) is 16.3. The Morgan fingerprint density at radius 3 is 1.89 bits per heavy atom. The summed E-state index contributed by atoms with van der Waals surface area (Å²) in [5, 5.41) is 0. The number of hydrogen-bond donors (Lipinski definition) is 0. The van der Waals surface area contributed by atoms with Crippen LogP contribution in [0.5, 0.6) is 0 Å². The van der Waals surface area contributed by atoms with Gasteiger partial charge >= 0.3 is 124 Å². The number of hydrogen-bond acceptors (Lipinski definition) is 2. The molecule has 3 heteroatoms. The van der Waals surface area contributed by atoms with E-state index in [0.717, 1.165) is 6.42 Å². The van der Waals surface area contributed by atoms with Gasteiger partial charge in [-0.1, -0.05) is 6.92 Å². The molecule has 0 saturated carbocycles. The molecule has 0 aromatic rings. The molecule has 0 amide bonds. The first-order valence-corrected chi connectivity index (χ1v) is 12.0. The number of rotatable bonds is 14. The zero-order valence-electron chi connectivity index (χ0n) is 13.1. The van der Waals surface area contributed by atoms with Crippen molar-refractivity contribution in [3.8, 4) is 0 Å². The van der Waals surface area contributed by atoms with Gasteiger partial charge < -0.3 is 0 Å². The fourth-order valence-electron chi connectivity index (χ4n) is 2.08. The van der Waals surface area contributed by atoms with Crippen molar-refractivity contribution in [3.05, 3.63) is 0 Å². The van der Waals surface area contributed by atoms with E-state index in [1.807, 2.05) is 0 Å². The Kier molecular flexibility index (Phi) is 16.6. The minimum absolute atomic E-state index is 0.0836. The molecule has 0 aliphatic heterocycles. The van der Waals surface area contributed by atoms with Crippen molar-refractivity contribution >= 4 is 27.5 Å². The van der Waals surface area contributed by atoms with Crippen LogP contribution in [0.1, 0.15) is 90.9 Å². The van der Waals surface area contributed by atoms with Gasteiger partial charge in [-0.3, -0.25) is 0 Å². The Morgan fingerprint density at radius 1 is 0.789 bits per heavy atom. The van der Waals surface area contributed by atoms with Crippen LogP contribution in [0.25, 0.3) is 0 Å². The fourth-order valence-corrected chi connectivity index (χ4v) is 4.92. The Bertz CT molecular complexity index is 195. The summed E-state index contributed by atoms with van der Waals surface area (Å²) in [5.74, 6) is 0.0836. The van der Waals surface area contributed by atoms with Crippen molar-refractivity contribution in [2.75, 3.05) is 0 Å². The molecule has 0 rings (SSSR count). The third kappa shape index (κ3) is 16.2. The van der Waals surface area contributed by atoms with Gasteiger partial charge in [0.2, 0.25) is 0 Å². The van der Waals surface area contributed by atoms with Crippen molar-refractivity contribution in [1.82, 2.24) is 0 Å². The summed E-state index contributed by atoms with van der Waals surface area (Å²) < 4.78 is 6.57. The standard InChI is InChI=1S/C12H24O2.C4H9.Sn.H/c1-2-3-4-5-6-7-8-9-10-11-12(13)14;1-3-4-2;;/h2-11H2,1H3,(H,13,14);1,3-4H2,2H3;;/q;;+1;/p-1. The molecular formula is C16H33O2Sn. The maximum atomic E-state index is 11.4. The van der Waals surface area contributed by atoms with E-state index in [0.29, 0.717) is 6.42 Å². The van der Waals surface area contributed by atoms with Crippen LogP contribution in [0, 0.1) is 0 Å². The predicted octanol–water partition coefficient (Wildman–Crippen LogP) is 5.02. The first-order chi connectivity index (χ1) is 9.31. The molecule has 0 saturated heterocycles. The molecule has 2 nitrogen and oxygen atoms in total. The van der Waals surface area contributed by atoms with E-state index in [2.05, 4.69) is 13.8 Å². The van der Waals surface area contributed by atoms with Crippen LogP contribution in [0.15, 0.2) is 0 Å². The predicted molar refractivity (Wildman–Crippen MR) is 84.8 cm³/mol. The molecule has 0 atom stereocenters. The van der Waals surface area contributed by atoms with Gasteiger partial charge in [-0.25, -0.2) is 0 Å². The van der Waals surface area contributed by atoms with E-state index in [1.54, 1.807) is 0 Å². The molecule has 0 aromatic heterocycles. The van der Waals surface area contributed by atoms with Gasteiger partial charge in [-0.05, 0) is 0 Å². The first kappa shape index (κ1) is 19.3. The summed E-state index contributed by atoms with van der Waals surface area (Å²) in [5.41, 5.74) is 0. The van der Waals surface area contributed by atoms with E-state index >= 15 is 0 Å². The summed E-state index contributed by atoms with van der Waals surface area (Å²) in [4.78, 5) is 11.4. The molecule has 0 heterocycles. The van der Waals surface area contributed by atoms with Crippen LogP contribution in [0.4, 0.5) is 0 Å². The number of unbranched alkanes of at least 4 members (excludes halogenated alkanes) is 9. The van der Waals surface area contributed by atoms with Crippen LogP contribution < -0.4 is 0 Å². The van der Waals surface area contributed by atoms with Crippen molar-refractivity contribution in [2.45, 2.75) is 95.3 Å². The minimum atomic E-state index is -0.982. The van der Waals surface area contributed by atoms with E-state index in [9.17, 15) is 4.79 Å². The van der Waals surface area contributed by atoms with Gasteiger partial charge in [-0.2, -0.15) is 0 Å². The molecule has 0 aliphatic rings. The summed E-state index contributed by atoms with van der Waals surface area (Å²) >= 11 is -0.982. The van der Waals surface area contributed by atoms with E-state index in [1.165, 1.54) is 68.6 Å². The van der Waals surface area contributed by atoms with Crippen molar-refractivity contribution in [3.63, 3.8) is 0 Å². The summed E-state index contributed by atoms with van der Waals surface area (Å²) in [6, 6.07) is 0. The Hall–Kier alpha value is 0.269. The van der Waals surface area contributed by atoms with Gasteiger partial charge in [0.1, 0.15) is 0 Å². The second-order valence-electron chi connectivity index (χ2n) is 5.38. The van der Waals surface area contributed by atoms with E-state index in [-0.39, 0.29) is 5.97 Å². The summed E-state index contributed by atoms with van der Waals surface area (Å²) in [6.45, 7) is 4.44. The van der Waals surface area contributed by atoms with Crippen molar-refractivity contribution in [2.24, 2.45) is 0 Å². The average Bonchev–Trinajstić information content (AvgIpc) is 2.42. The van der Waals surface area contributed by atoms with Crippen LogP contribution >= 0.6 is 0 Å². The third-order valence-electron chi connectivity index (χ3n) is 3.37. The SMILES string of the molecule is CCCCCCCCCCCC(=O)[O][SnH][CH2]CCC. The van der Waals surface area contributed by atoms with Crippen LogP contribution in [0.3, 0.4) is 0 Å². The summed E-state index contributed by atoms with van der Waals surface area (Å²) in [6.07, 6.45) is 14.9. The van der Waals surface area contributed by atoms with Gasteiger partial charge in [-0.15, -0.1) is 0 Å². The first-order valence-electron chi connectivity index (χ1n) is 8.32. The van der Waals surface area contributed by atoms with Crippen LogP contribution in [-0.2, 0) is 7.87 Å². The Morgan fingerprint density at radius 2 is 1.32 bits per heavy atom. The second-order valence-corrected chi connectivity index (χ2v) is 8.65. The molecule has 113 valence electrons. The Balaban J connectivity index is 3.10. The third-order valence-corrected chi connectivity index (χ3v) is 6.44. The zero-order valence-corrected chi connectivity index (χ0v) is 16.4. The number of carbonyl (C=O) groups excluding carboxylic acids is 1. The van der Waals surface area contributed by atoms with Crippen molar-refractivity contribution in [1.29, 1.82) is 0 Å². The molecule has 0 N–H and O–H groups in total. The molecule has 0 fully saturated rings. The van der Waals surface area contributed by atoms with Gasteiger partial charge in [0.25, 0.3) is 0 Å². The molecular weight excluding hydrogens is 343 g/mol. The van der Waals surface area contributed by atoms with Gasteiger partial charge in [0, 0.05) is 0 Å². The molecule has 19 heavy (non-hydrogen) atoms. The fraction of sp³-hybridized carbons (Fsp3) is 0.938. The van der Waals surface area contributed by atoms with Crippen LogP contribution in [-0.4, -0.2) is 27.5 Å². The van der Waals surface area contributed by atoms with E-state index < -0.39 is 21.6 Å². The quantitative estimate of drug-likeness (QED) is 0.314. The van der Waals surface area contributed by atoms with Gasteiger partial charge in [0.05, 0.1) is 0 Å². The normalized spacial score (nSPS) is 10.6. The molecule has 0 unspecified atom stereocenters. The van der Waals surface area contributed by atoms with Gasteiger partial charge in [0.15, 0.2) is 0 Å². The Labute approximate surface area is 130 Å². The molecule has 0 spiro atoms. The van der Waals surface area contributed by atoms with Crippen molar-refractivity contribution < 1.29 is 7.87 Å². The monoisotopic (exact) mass is 377 g/mol. The molecule has 1 radical (unpaired) electrons. The molecule has 0 aromatic carbocycles. The molecule has 0 aliphatic carbocycles. The van der Waals surface area contributed by atoms with Crippen LogP contribution in [0.2, 0.25) is 4.44 Å². The maximum absolute atomic E-state index is 11.4. The number of carbonyl (C=O) groups is 1.